The second-order valence-electron chi connectivity index (χ2n) is 31.2. The van der Waals surface area contributed by atoms with Gasteiger partial charge in [0, 0.05) is 57.4 Å². The van der Waals surface area contributed by atoms with Gasteiger partial charge in [-0.3, -0.25) is 38.4 Å². The molecule has 0 atom stereocenters. The molecule has 0 aliphatic heterocycles. The lowest BCUT2D eigenvalue weighted by Crippen LogP contribution is -1.93. The number of carbonyl (C=O) groups is 9. The van der Waals surface area contributed by atoms with Crippen LogP contribution in [0.15, 0.2) is 12.2 Å². The summed E-state index contributed by atoms with van der Waals surface area (Å²) in [5.74, 6) is -6.14. The summed E-state index contributed by atoms with van der Waals surface area (Å²) in [6.45, 7) is 19.8. The fourth-order valence-corrected chi connectivity index (χ4v) is 12.0. The van der Waals surface area contributed by atoms with Gasteiger partial charge in [0.05, 0.1) is 0 Å². The minimum absolute atomic E-state index is 0.341. The third kappa shape index (κ3) is 179. The number of rotatable bonds is 77. The zero-order valence-electron chi connectivity index (χ0n) is 76.1. The molecule has 114 heavy (non-hydrogen) atoms. The average molecular weight is 1630 g/mol. The number of aliphatic carboxylic acids is 9. The lowest BCUT2D eigenvalue weighted by molar-refractivity contribution is -0.138. The molecule has 0 aromatic carbocycles. The predicted octanol–water partition coefficient (Wildman–Crippen LogP) is 31.0. The van der Waals surface area contributed by atoms with Crippen molar-refractivity contribution in [3.63, 3.8) is 0 Å². The van der Waals surface area contributed by atoms with Crippen LogP contribution in [0.3, 0.4) is 0 Å². The summed E-state index contributed by atoms with van der Waals surface area (Å²) in [6.07, 6.45) is 87.8. The van der Waals surface area contributed by atoms with E-state index in [1.807, 2.05) is 0 Å². The Morgan fingerprint density at radius 2 is 0.246 bits per heavy atom. The summed E-state index contributed by atoms with van der Waals surface area (Å²) >= 11 is 0. The van der Waals surface area contributed by atoms with Crippen molar-refractivity contribution in [1.29, 1.82) is 0 Å². The van der Waals surface area contributed by atoms with E-state index in [1.54, 1.807) is 6.08 Å². The molecule has 9 N–H and O–H groups in total. The first-order chi connectivity index (χ1) is 54.9. The molecule has 0 saturated carbocycles. The maximum Gasteiger partial charge on any atom is 0.327 e. The summed E-state index contributed by atoms with van der Waals surface area (Å²) in [5, 5.41) is 75.2. The predicted molar refractivity (Wildman–Crippen MR) is 480 cm³/mol. The molecule has 0 spiro atoms. The van der Waals surface area contributed by atoms with E-state index in [9.17, 15) is 43.2 Å². The van der Waals surface area contributed by atoms with Gasteiger partial charge in [0.15, 0.2) is 0 Å². The first-order valence-corrected chi connectivity index (χ1v) is 47.6. The Morgan fingerprint density at radius 1 is 0.149 bits per heavy atom. The lowest BCUT2D eigenvalue weighted by atomic mass is 10.1. The van der Waals surface area contributed by atoms with Crippen LogP contribution >= 0.6 is 0 Å². The maximum absolute atomic E-state index is 10.2. The van der Waals surface area contributed by atoms with E-state index in [0.717, 1.165) is 116 Å². The van der Waals surface area contributed by atoms with Crippen molar-refractivity contribution in [2.75, 3.05) is 0 Å². The van der Waals surface area contributed by atoms with Crippen LogP contribution in [0.2, 0.25) is 0 Å². The number of unbranched alkanes of at least 4 members (excludes halogenated alkanes) is 59. The molecule has 18 heteroatoms. The second kappa shape index (κ2) is 124. The Hall–Kier alpha value is -5.03. The monoisotopic (exact) mass is 1630 g/mol. The van der Waals surface area contributed by atoms with Crippen molar-refractivity contribution in [2.45, 2.75) is 550 Å². The molecule has 0 bridgehead atoms. The zero-order chi connectivity index (χ0) is 87.4. The summed E-state index contributed by atoms with van der Waals surface area (Å²) in [4.78, 5) is 91.3. The highest BCUT2D eigenvalue weighted by atomic mass is 16.4. The third-order valence-corrected chi connectivity index (χ3v) is 19.2. The molecular formula is C96H190O18. The fourth-order valence-electron chi connectivity index (χ4n) is 12.0. The highest BCUT2D eigenvalue weighted by Gasteiger charge is 2.03. The van der Waals surface area contributed by atoms with E-state index < -0.39 is 53.7 Å². The maximum atomic E-state index is 10.2. The third-order valence-electron chi connectivity index (χ3n) is 19.2. The van der Waals surface area contributed by atoms with Crippen LogP contribution in [0.25, 0.3) is 0 Å². The first-order valence-electron chi connectivity index (χ1n) is 47.6. The van der Waals surface area contributed by atoms with Gasteiger partial charge in [-0.2, -0.15) is 0 Å². The van der Waals surface area contributed by atoms with E-state index in [0.29, 0.717) is 51.4 Å². The average Bonchev–Trinajstić information content (AvgIpc) is 3.99. The largest absolute Gasteiger partial charge is 0.481 e. The lowest BCUT2D eigenvalue weighted by Gasteiger charge is -2.01. The minimum Gasteiger partial charge on any atom is -0.481 e. The second-order valence-corrected chi connectivity index (χ2v) is 31.2. The fraction of sp³-hybridized carbons (Fsp3) is 0.885. The molecule has 0 unspecified atom stereocenters. The number of carboxylic acid groups (broad SMARTS) is 9. The molecule has 18 nitrogen and oxygen atoms in total. The van der Waals surface area contributed by atoms with Crippen LogP contribution in [0.5, 0.6) is 0 Å². The van der Waals surface area contributed by atoms with E-state index in [2.05, 4.69) is 62.3 Å². The molecule has 0 fully saturated rings. The van der Waals surface area contributed by atoms with Crippen LogP contribution in [-0.2, 0) is 43.2 Å². The van der Waals surface area contributed by atoms with Gasteiger partial charge in [-0.15, -0.1) is 0 Å². The van der Waals surface area contributed by atoms with E-state index >= 15 is 0 Å². The van der Waals surface area contributed by atoms with Crippen molar-refractivity contribution < 1.29 is 89.1 Å². The highest BCUT2D eigenvalue weighted by Crippen LogP contribution is 2.16. The van der Waals surface area contributed by atoms with Crippen molar-refractivity contribution in [3.8, 4) is 0 Å². The van der Waals surface area contributed by atoms with Gasteiger partial charge in [-0.1, -0.05) is 441 Å². The van der Waals surface area contributed by atoms with Gasteiger partial charge < -0.3 is 46.0 Å². The van der Waals surface area contributed by atoms with E-state index in [-0.39, 0.29) is 0 Å². The number of hydrogen-bond donors (Lipinski definition) is 9. The Labute approximate surface area is 701 Å². The molecule has 0 aromatic heterocycles. The van der Waals surface area contributed by atoms with Crippen LogP contribution in [-0.4, -0.2) is 99.7 Å². The molecule has 0 aliphatic rings. The normalized spacial score (nSPS) is 10.3. The van der Waals surface area contributed by atoms with Gasteiger partial charge in [-0.05, 0) is 64.2 Å². The molecule has 0 aromatic rings. The quantitative estimate of drug-likeness (QED) is 0.0202. The smallest absolute Gasteiger partial charge is 0.327 e. The molecule has 0 saturated heterocycles. The molecule has 0 amide bonds. The van der Waals surface area contributed by atoms with Gasteiger partial charge in [0.1, 0.15) is 0 Å². The topological polar surface area (TPSA) is 336 Å². The Balaban J connectivity index is -0.000000156. The van der Waals surface area contributed by atoms with Gasteiger partial charge in [-0.25, -0.2) is 4.79 Å². The number of hydrogen-bond acceptors (Lipinski definition) is 9. The Kier molecular flexibility index (Phi) is 138. The number of carboxylic acids is 9. The van der Waals surface area contributed by atoms with Crippen molar-refractivity contribution in [2.24, 2.45) is 0 Å². The molecule has 682 valence electrons. The summed E-state index contributed by atoms with van der Waals surface area (Å²) in [6, 6.07) is 0. The van der Waals surface area contributed by atoms with E-state index in [4.69, 9.17) is 46.0 Å². The van der Waals surface area contributed by atoms with Crippen molar-refractivity contribution in [3.05, 3.63) is 12.2 Å². The van der Waals surface area contributed by atoms with Gasteiger partial charge in [0.2, 0.25) is 0 Å². The minimum atomic E-state index is -0.835. The summed E-state index contributed by atoms with van der Waals surface area (Å²) < 4.78 is 0. The molecule has 0 heterocycles. The van der Waals surface area contributed by atoms with Crippen LogP contribution in [0.1, 0.15) is 550 Å². The van der Waals surface area contributed by atoms with Gasteiger partial charge in [0.25, 0.3) is 0 Å². The molecule has 0 rings (SSSR count). The number of allylic oxidation sites excluding steroid dienone is 1. The molecule has 0 radical (unpaired) electrons. The highest BCUT2D eigenvalue weighted by molar-refractivity contribution is 5.79. The first kappa shape index (κ1) is 127. The SMILES string of the molecule is CCCCCCCCCC(=O)O.CCCCCCCCCC(=O)O.CCCCCCCCCC(=O)O.CCCCCCCCCC(=O)O.CCCCCCCCCC(=O)O.CCCCCCCCCC(=O)O.CCCCCCCCCC(=O)O.CCCCCCCCCC(=O)O.CCCCCCCCCCCCC/C=C/C(=O)O. The molecule has 0 aliphatic carbocycles. The standard InChI is InChI=1S/C16H30O2.8C10H20O2/c1-2-3-4-5-6-7-8-9-10-11-12-13-14-15-16(17)18;8*1-2-3-4-5-6-7-8-9-10(11)12/h14-15H,2-13H2,1H3,(H,17,18);8*2-9H2,1H3,(H,11,12)/b15-14+;;;;;;;;. The summed E-state index contributed by atoms with van der Waals surface area (Å²) in [7, 11) is 0. The van der Waals surface area contributed by atoms with Crippen LogP contribution < -0.4 is 0 Å². The van der Waals surface area contributed by atoms with Crippen LogP contribution in [0.4, 0.5) is 0 Å². The van der Waals surface area contributed by atoms with Crippen molar-refractivity contribution in [1.82, 2.24) is 0 Å². The Morgan fingerprint density at radius 3 is 0.342 bits per heavy atom. The van der Waals surface area contributed by atoms with Crippen molar-refractivity contribution >= 4 is 53.7 Å². The zero-order valence-corrected chi connectivity index (χ0v) is 76.1. The molecular weight excluding hydrogens is 1440 g/mol. The van der Waals surface area contributed by atoms with Gasteiger partial charge >= 0.3 is 53.7 Å². The van der Waals surface area contributed by atoms with Crippen LogP contribution in [0, 0.1) is 0 Å². The summed E-state index contributed by atoms with van der Waals surface area (Å²) in [5.41, 5.74) is 0. The Bertz CT molecular complexity index is 1610. The van der Waals surface area contributed by atoms with E-state index in [1.165, 1.54) is 327 Å².